The number of nitro benzene ring substituents is 1. The lowest BCUT2D eigenvalue weighted by Gasteiger charge is -2.08. The van der Waals surface area contributed by atoms with Crippen molar-refractivity contribution < 1.29 is 4.92 Å². The number of nitrogens with one attached hydrogen (secondary N) is 1. The van der Waals surface area contributed by atoms with Crippen LogP contribution in [0.4, 0.5) is 11.4 Å². The molecule has 0 aliphatic rings. The summed E-state index contributed by atoms with van der Waals surface area (Å²) < 4.78 is 0. The average Bonchev–Trinajstić information content (AvgIpc) is 2.21. The minimum atomic E-state index is -0.530. The van der Waals surface area contributed by atoms with E-state index < -0.39 is 4.92 Å². The Labute approximate surface area is 109 Å². The van der Waals surface area contributed by atoms with Gasteiger partial charge in [-0.2, -0.15) is 0 Å². The van der Waals surface area contributed by atoms with Gasteiger partial charge in [-0.15, -0.1) is 0 Å². The van der Waals surface area contributed by atoms with E-state index in [4.69, 9.17) is 23.2 Å². The second-order valence-electron chi connectivity index (χ2n) is 3.70. The highest BCUT2D eigenvalue weighted by Gasteiger charge is 2.13. The fourth-order valence-corrected chi connectivity index (χ4v) is 1.80. The van der Waals surface area contributed by atoms with Crippen LogP contribution in [-0.4, -0.2) is 11.5 Å². The molecule has 0 aliphatic heterocycles. The summed E-state index contributed by atoms with van der Waals surface area (Å²) in [6, 6.07) is 2.55. The van der Waals surface area contributed by atoms with E-state index in [9.17, 15) is 10.1 Å². The van der Waals surface area contributed by atoms with Crippen LogP contribution in [0.2, 0.25) is 10.0 Å². The van der Waals surface area contributed by atoms with Crippen LogP contribution < -0.4 is 5.32 Å². The van der Waals surface area contributed by atoms with Crippen LogP contribution >= 0.6 is 23.2 Å². The molecule has 1 N–H and O–H groups in total. The molecular weight excluding hydrogens is 263 g/mol. The molecule has 0 heterocycles. The SMILES string of the molecule is CC(C)=CCNc1c(Cl)cc([N+](=O)[O-])cc1Cl. The van der Waals surface area contributed by atoms with Gasteiger partial charge in [-0.25, -0.2) is 0 Å². The summed E-state index contributed by atoms with van der Waals surface area (Å²) in [6.07, 6.45) is 1.97. The van der Waals surface area contributed by atoms with Crippen molar-refractivity contribution in [1.82, 2.24) is 0 Å². The lowest BCUT2D eigenvalue weighted by atomic mass is 10.2. The van der Waals surface area contributed by atoms with E-state index in [1.807, 2.05) is 19.9 Å². The Balaban J connectivity index is 2.94. The largest absolute Gasteiger partial charge is 0.379 e. The molecule has 4 nitrogen and oxygen atoms in total. The summed E-state index contributed by atoms with van der Waals surface area (Å²) in [5.41, 5.74) is 1.55. The number of halogens is 2. The summed E-state index contributed by atoms with van der Waals surface area (Å²) in [5, 5.41) is 14.1. The van der Waals surface area contributed by atoms with E-state index in [2.05, 4.69) is 5.32 Å². The molecule has 0 aliphatic carbocycles. The molecule has 0 saturated heterocycles. The Hall–Kier alpha value is -1.26. The van der Waals surface area contributed by atoms with Gasteiger partial charge in [0.05, 0.1) is 20.7 Å². The molecule has 0 atom stereocenters. The van der Waals surface area contributed by atoms with Crippen molar-refractivity contribution in [3.63, 3.8) is 0 Å². The van der Waals surface area contributed by atoms with Crippen LogP contribution in [0.1, 0.15) is 13.8 Å². The number of allylic oxidation sites excluding steroid dienone is 1. The monoisotopic (exact) mass is 274 g/mol. The Bertz CT molecular complexity index is 446. The van der Waals surface area contributed by atoms with Crippen molar-refractivity contribution >= 4 is 34.6 Å². The van der Waals surface area contributed by atoms with Crippen LogP contribution in [0, 0.1) is 10.1 Å². The normalized spacial score (nSPS) is 9.88. The zero-order valence-corrected chi connectivity index (χ0v) is 11.0. The van der Waals surface area contributed by atoms with Gasteiger partial charge in [0.25, 0.3) is 5.69 Å². The molecule has 1 aromatic carbocycles. The fraction of sp³-hybridized carbons (Fsp3) is 0.273. The standard InChI is InChI=1S/C11H12Cl2N2O2/c1-7(2)3-4-14-11-9(12)5-8(15(16)17)6-10(11)13/h3,5-6,14H,4H2,1-2H3. The topological polar surface area (TPSA) is 55.2 Å². The zero-order chi connectivity index (χ0) is 13.0. The molecule has 17 heavy (non-hydrogen) atoms. The summed E-state index contributed by atoms with van der Waals surface area (Å²) in [4.78, 5) is 10.0. The number of hydrogen-bond donors (Lipinski definition) is 1. The molecule has 0 radical (unpaired) electrons. The third-order valence-corrected chi connectivity index (χ3v) is 2.62. The van der Waals surface area contributed by atoms with Crippen molar-refractivity contribution in [3.8, 4) is 0 Å². The molecule has 0 bridgehead atoms. The molecule has 1 rings (SSSR count). The van der Waals surface area contributed by atoms with E-state index in [0.29, 0.717) is 12.2 Å². The van der Waals surface area contributed by atoms with Gasteiger partial charge in [-0.1, -0.05) is 34.9 Å². The van der Waals surface area contributed by atoms with Gasteiger partial charge in [-0.05, 0) is 13.8 Å². The Kier molecular flexibility index (Phi) is 4.78. The predicted octanol–water partition coefficient (Wildman–Crippen LogP) is 4.28. The van der Waals surface area contributed by atoms with Gasteiger partial charge in [0.2, 0.25) is 0 Å². The number of anilines is 1. The summed E-state index contributed by atoms with van der Waals surface area (Å²) in [6.45, 7) is 4.51. The average molecular weight is 275 g/mol. The Morgan fingerprint density at radius 3 is 2.35 bits per heavy atom. The maximum absolute atomic E-state index is 10.6. The Morgan fingerprint density at radius 1 is 1.41 bits per heavy atom. The van der Waals surface area contributed by atoms with E-state index in [1.165, 1.54) is 12.1 Å². The molecule has 0 spiro atoms. The molecular formula is C11H12Cl2N2O2. The van der Waals surface area contributed by atoms with Crippen LogP contribution in [0.25, 0.3) is 0 Å². The second-order valence-corrected chi connectivity index (χ2v) is 4.52. The predicted molar refractivity (Wildman–Crippen MR) is 71.0 cm³/mol. The molecule has 92 valence electrons. The molecule has 0 aromatic heterocycles. The van der Waals surface area contributed by atoms with Crippen LogP contribution in [-0.2, 0) is 0 Å². The molecule has 0 amide bonds. The number of hydrogen-bond acceptors (Lipinski definition) is 3. The minimum absolute atomic E-state index is 0.118. The van der Waals surface area contributed by atoms with E-state index >= 15 is 0 Å². The number of benzene rings is 1. The number of nitro groups is 1. The van der Waals surface area contributed by atoms with Crippen molar-refractivity contribution in [2.45, 2.75) is 13.8 Å². The van der Waals surface area contributed by atoms with Gasteiger partial charge in [-0.3, -0.25) is 10.1 Å². The molecule has 0 saturated carbocycles. The van der Waals surface area contributed by atoms with Gasteiger partial charge < -0.3 is 5.32 Å². The zero-order valence-electron chi connectivity index (χ0n) is 9.46. The highest BCUT2D eigenvalue weighted by atomic mass is 35.5. The first-order valence-electron chi connectivity index (χ1n) is 4.92. The first-order valence-corrected chi connectivity index (χ1v) is 5.68. The summed E-state index contributed by atoms with van der Waals surface area (Å²) >= 11 is 11.8. The second kappa shape index (κ2) is 5.89. The first kappa shape index (κ1) is 13.8. The van der Waals surface area contributed by atoms with Gasteiger partial charge in [0.15, 0.2) is 0 Å². The van der Waals surface area contributed by atoms with E-state index in [1.54, 1.807) is 0 Å². The highest BCUT2D eigenvalue weighted by Crippen LogP contribution is 2.34. The summed E-state index contributed by atoms with van der Waals surface area (Å²) in [7, 11) is 0. The van der Waals surface area contributed by atoms with Crippen molar-refractivity contribution in [3.05, 3.63) is 43.9 Å². The lowest BCUT2D eigenvalue weighted by molar-refractivity contribution is -0.384. The smallest absolute Gasteiger partial charge is 0.272 e. The van der Waals surface area contributed by atoms with Crippen LogP contribution in [0.3, 0.4) is 0 Å². The highest BCUT2D eigenvalue weighted by molar-refractivity contribution is 6.39. The van der Waals surface area contributed by atoms with Crippen molar-refractivity contribution in [2.24, 2.45) is 0 Å². The number of nitrogens with zero attached hydrogens (tertiary/aromatic N) is 1. The summed E-state index contributed by atoms with van der Waals surface area (Å²) in [5.74, 6) is 0. The van der Waals surface area contributed by atoms with Gasteiger partial charge in [0, 0.05) is 18.7 Å². The number of non-ortho nitro benzene ring substituents is 1. The van der Waals surface area contributed by atoms with Gasteiger partial charge >= 0.3 is 0 Å². The van der Waals surface area contributed by atoms with E-state index in [0.717, 1.165) is 5.57 Å². The van der Waals surface area contributed by atoms with Gasteiger partial charge in [0.1, 0.15) is 0 Å². The maximum Gasteiger partial charge on any atom is 0.272 e. The van der Waals surface area contributed by atoms with Crippen molar-refractivity contribution in [2.75, 3.05) is 11.9 Å². The molecule has 0 unspecified atom stereocenters. The lowest BCUT2D eigenvalue weighted by Crippen LogP contribution is -2.01. The van der Waals surface area contributed by atoms with E-state index in [-0.39, 0.29) is 15.7 Å². The third kappa shape index (κ3) is 3.91. The molecule has 0 fully saturated rings. The third-order valence-electron chi connectivity index (χ3n) is 2.03. The van der Waals surface area contributed by atoms with Crippen LogP contribution in [0.15, 0.2) is 23.8 Å². The molecule has 6 heteroatoms. The minimum Gasteiger partial charge on any atom is -0.379 e. The van der Waals surface area contributed by atoms with Crippen LogP contribution in [0.5, 0.6) is 0 Å². The molecule has 1 aromatic rings. The Morgan fingerprint density at radius 2 is 1.94 bits per heavy atom. The quantitative estimate of drug-likeness (QED) is 0.507. The number of rotatable bonds is 4. The van der Waals surface area contributed by atoms with Crippen molar-refractivity contribution in [1.29, 1.82) is 0 Å². The first-order chi connectivity index (χ1) is 7.91. The fourth-order valence-electron chi connectivity index (χ4n) is 1.19. The maximum atomic E-state index is 10.6.